The molecule has 0 radical (unpaired) electrons. The molecule has 5 nitrogen and oxygen atoms in total. The maximum absolute atomic E-state index is 11.1. The zero-order chi connectivity index (χ0) is 11.0. The highest BCUT2D eigenvalue weighted by Gasteiger charge is 2.40. The van der Waals surface area contributed by atoms with Crippen LogP contribution in [0.1, 0.15) is 23.9 Å². The van der Waals surface area contributed by atoms with E-state index in [1.807, 2.05) is 0 Å². The van der Waals surface area contributed by atoms with Gasteiger partial charge in [0.2, 0.25) is 5.91 Å². The van der Waals surface area contributed by atoms with Gasteiger partial charge in [-0.3, -0.25) is 4.79 Å². The molecule has 2 heterocycles. The first-order valence-electron chi connectivity index (χ1n) is 4.66. The van der Waals surface area contributed by atoms with Crippen LogP contribution in [0, 0.1) is 6.92 Å². The van der Waals surface area contributed by atoms with E-state index >= 15 is 0 Å². The minimum atomic E-state index is -1.03. The Kier molecular flexibility index (Phi) is 2.22. The van der Waals surface area contributed by atoms with Gasteiger partial charge in [-0.15, -0.1) is 0 Å². The standard InChI is InChI=1S/C10H11NO4/c1-5-2-3-7(15-5)6-4-8(12)11-9(6)10(13)14/h2-3,6,9H,4H2,1H3,(H,11,12)(H,13,14)/t6-,9-/m1/s1. The Morgan fingerprint density at radius 3 is 2.87 bits per heavy atom. The summed E-state index contributed by atoms with van der Waals surface area (Å²) >= 11 is 0. The van der Waals surface area contributed by atoms with Crippen molar-refractivity contribution < 1.29 is 19.1 Å². The predicted octanol–water partition coefficient (Wildman–Crippen LogP) is 0.645. The molecule has 1 aliphatic heterocycles. The maximum atomic E-state index is 11.1. The average molecular weight is 209 g/mol. The number of nitrogens with one attached hydrogen (secondary N) is 1. The Bertz CT molecular complexity index is 409. The summed E-state index contributed by atoms with van der Waals surface area (Å²) in [4.78, 5) is 22.0. The van der Waals surface area contributed by atoms with Gasteiger partial charge in [0, 0.05) is 6.42 Å². The minimum Gasteiger partial charge on any atom is -0.480 e. The van der Waals surface area contributed by atoms with Crippen LogP contribution in [0.5, 0.6) is 0 Å². The summed E-state index contributed by atoms with van der Waals surface area (Å²) in [5.41, 5.74) is 0. The summed E-state index contributed by atoms with van der Waals surface area (Å²) < 4.78 is 5.34. The molecule has 0 aliphatic carbocycles. The molecule has 2 N–H and O–H groups in total. The molecular formula is C10H11NO4. The van der Waals surface area contributed by atoms with Crippen molar-refractivity contribution >= 4 is 11.9 Å². The monoisotopic (exact) mass is 209 g/mol. The van der Waals surface area contributed by atoms with Crippen LogP contribution in [-0.2, 0) is 9.59 Å². The lowest BCUT2D eigenvalue weighted by Crippen LogP contribution is -2.35. The smallest absolute Gasteiger partial charge is 0.326 e. The lowest BCUT2D eigenvalue weighted by atomic mass is 9.98. The Labute approximate surface area is 86.1 Å². The molecule has 0 unspecified atom stereocenters. The second-order valence-corrected chi connectivity index (χ2v) is 3.64. The number of hydrogen-bond acceptors (Lipinski definition) is 3. The third kappa shape index (κ3) is 1.72. The first-order chi connectivity index (χ1) is 7.08. The average Bonchev–Trinajstić information content (AvgIpc) is 2.71. The normalized spacial score (nSPS) is 25.3. The molecule has 0 aromatic carbocycles. The van der Waals surface area contributed by atoms with Crippen LogP contribution in [-0.4, -0.2) is 23.0 Å². The summed E-state index contributed by atoms with van der Waals surface area (Å²) in [7, 11) is 0. The van der Waals surface area contributed by atoms with Crippen LogP contribution in [0.2, 0.25) is 0 Å². The van der Waals surface area contributed by atoms with E-state index in [2.05, 4.69) is 5.32 Å². The minimum absolute atomic E-state index is 0.171. The molecule has 1 aromatic rings. The Morgan fingerprint density at radius 1 is 1.60 bits per heavy atom. The van der Waals surface area contributed by atoms with Crippen LogP contribution in [0.3, 0.4) is 0 Å². The highest BCUT2D eigenvalue weighted by Crippen LogP contribution is 2.29. The van der Waals surface area contributed by atoms with E-state index in [0.29, 0.717) is 11.5 Å². The predicted molar refractivity (Wildman–Crippen MR) is 50.4 cm³/mol. The Balaban J connectivity index is 2.27. The van der Waals surface area contributed by atoms with Crippen LogP contribution < -0.4 is 5.32 Å². The molecule has 1 fully saturated rings. The number of aryl methyl sites for hydroxylation is 1. The van der Waals surface area contributed by atoms with Gasteiger partial charge in [-0.25, -0.2) is 4.79 Å². The first kappa shape index (κ1) is 9.76. The molecule has 1 amide bonds. The van der Waals surface area contributed by atoms with E-state index in [1.54, 1.807) is 19.1 Å². The Morgan fingerprint density at radius 2 is 2.33 bits per heavy atom. The number of carboxylic acid groups (broad SMARTS) is 1. The van der Waals surface area contributed by atoms with Crippen molar-refractivity contribution in [2.75, 3.05) is 0 Å². The van der Waals surface area contributed by atoms with Crippen molar-refractivity contribution in [3.63, 3.8) is 0 Å². The summed E-state index contributed by atoms with van der Waals surface area (Å²) in [6.45, 7) is 1.78. The van der Waals surface area contributed by atoms with Crippen LogP contribution in [0.4, 0.5) is 0 Å². The van der Waals surface area contributed by atoms with E-state index in [1.165, 1.54) is 0 Å². The van der Waals surface area contributed by atoms with Gasteiger partial charge in [0.25, 0.3) is 0 Å². The molecular weight excluding hydrogens is 198 g/mol. The lowest BCUT2D eigenvalue weighted by Gasteiger charge is -2.11. The number of aliphatic carboxylic acids is 1. The topological polar surface area (TPSA) is 79.5 Å². The number of hydrogen-bond donors (Lipinski definition) is 2. The van der Waals surface area contributed by atoms with Crippen molar-refractivity contribution in [1.29, 1.82) is 0 Å². The van der Waals surface area contributed by atoms with Gasteiger partial charge >= 0.3 is 5.97 Å². The van der Waals surface area contributed by atoms with Gasteiger partial charge in [0.15, 0.2) is 0 Å². The molecule has 2 rings (SSSR count). The fourth-order valence-corrected chi connectivity index (χ4v) is 1.80. The van der Waals surface area contributed by atoms with Gasteiger partial charge in [-0.2, -0.15) is 0 Å². The SMILES string of the molecule is Cc1ccc([C@H]2CC(=O)N[C@H]2C(=O)O)o1. The summed E-state index contributed by atoms with van der Waals surface area (Å²) in [5, 5.41) is 11.3. The molecule has 1 aliphatic rings. The fraction of sp³-hybridized carbons (Fsp3) is 0.400. The third-order valence-electron chi connectivity index (χ3n) is 2.52. The maximum Gasteiger partial charge on any atom is 0.326 e. The van der Waals surface area contributed by atoms with Crippen molar-refractivity contribution in [3.05, 3.63) is 23.7 Å². The van der Waals surface area contributed by atoms with Crippen molar-refractivity contribution in [2.45, 2.75) is 25.3 Å². The molecule has 0 spiro atoms. The van der Waals surface area contributed by atoms with Gasteiger partial charge in [-0.1, -0.05) is 0 Å². The second-order valence-electron chi connectivity index (χ2n) is 3.64. The van der Waals surface area contributed by atoms with Gasteiger partial charge in [0.1, 0.15) is 17.6 Å². The van der Waals surface area contributed by atoms with Crippen molar-refractivity contribution in [3.8, 4) is 0 Å². The molecule has 1 saturated heterocycles. The van der Waals surface area contributed by atoms with Crippen molar-refractivity contribution in [1.82, 2.24) is 5.32 Å². The van der Waals surface area contributed by atoms with E-state index in [9.17, 15) is 9.59 Å². The summed E-state index contributed by atoms with van der Waals surface area (Å²) in [6.07, 6.45) is 0.171. The second kappa shape index (κ2) is 3.42. The number of carbonyl (C=O) groups is 2. The molecule has 2 atom stereocenters. The highest BCUT2D eigenvalue weighted by molar-refractivity contribution is 5.89. The molecule has 5 heteroatoms. The van der Waals surface area contributed by atoms with Gasteiger partial charge < -0.3 is 14.8 Å². The number of carboxylic acids is 1. The van der Waals surface area contributed by atoms with Crippen LogP contribution >= 0.6 is 0 Å². The number of carbonyl (C=O) groups excluding carboxylic acids is 1. The van der Waals surface area contributed by atoms with Crippen LogP contribution in [0.25, 0.3) is 0 Å². The zero-order valence-electron chi connectivity index (χ0n) is 8.19. The first-order valence-corrected chi connectivity index (χ1v) is 4.66. The van der Waals surface area contributed by atoms with Crippen LogP contribution in [0.15, 0.2) is 16.5 Å². The fourth-order valence-electron chi connectivity index (χ4n) is 1.80. The molecule has 15 heavy (non-hydrogen) atoms. The molecule has 0 bridgehead atoms. The molecule has 80 valence electrons. The lowest BCUT2D eigenvalue weighted by molar-refractivity contribution is -0.140. The number of furan rings is 1. The summed E-state index contributed by atoms with van der Waals surface area (Å²) in [6, 6.07) is 2.61. The highest BCUT2D eigenvalue weighted by atomic mass is 16.4. The van der Waals surface area contributed by atoms with Gasteiger partial charge in [-0.05, 0) is 19.1 Å². The molecule has 1 aromatic heterocycles. The van der Waals surface area contributed by atoms with E-state index < -0.39 is 17.9 Å². The number of rotatable bonds is 2. The molecule has 0 saturated carbocycles. The quantitative estimate of drug-likeness (QED) is 0.749. The van der Waals surface area contributed by atoms with E-state index in [4.69, 9.17) is 9.52 Å². The van der Waals surface area contributed by atoms with E-state index in [0.717, 1.165) is 0 Å². The number of amides is 1. The largest absolute Gasteiger partial charge is 0.480 e. The third-order valence-corrected chi connectivity index (χ3v) is 2.52. The zero-order valence-corrected chi connectivity index (χ0v) is 8.19. The van der Waals surface area contributed by atoms with Gasteiger partial charge in [0.05, 0.1) is 5.92 Å². The summed E-state index contributed by atoms with van der Waals surface area (Å²) in [5.74, 6) is -0.406. The van der Waals surface area contributed by atoms with E-state index in [-0.39, 0.29) is 12.3 Å². The Hall–Kier alpha value is -1.78. The van der Waals surface area contributed by atoms with Crippen molar-refractivity contribution in [2.24, 2.45) is 0 Å².